The van der Waals surface area contributed by atoms with Crippen LogP contribution in [0.5, 0.6) is 0 Å². The highest BCUT2D eigenvalue weighted by Crippen LogP contribution is 2.28. The highest BCUT2D eigenvalue weighted by atomic mass is 32.2. The van der Waals surface area contributed by atoms with Crippen LogP contribution < -0.4 is 5.32 Å². The van der Waals surface area contributed by atoms with E-state index >= 15 is 0 Å². The van der Waals surface area contributed by atoms with E-state index in [1.54, 1.807) is 0 Å². The third-order valence-electron chi connectivity index (χ3n) is 4.15. The molecule has 1 fully saturated rings. The number of amides is 1. The van der Waals surface area contributed by atoms with E-state index in [1.165, 1.54) is 35.1 Å². The van der Waals surface area contributed by atoms with E-state index in [0.29, 0.717) is 11.8 Å². The van der Waals surface area contributed by atoms with E-state index in [2.05, 4.69) is 41.5 Å². The summed E-state index contributed by atoms with van der Waals surface area (Å²) in [6.45, 7) is 5.08. The molecule has 0 radical (unpaired) electrons. The lowest BCUT2D eigenvalue weighted by atomic mass is 10.0. The maximum atomic E-state index is 12.4. The highest BCUT2D eigenvalue weighted by molar-refractivity contribution is 8.01. The molecule has 5 nitrogen and oxygen atoms in total. The number of benzene rings is 1. The van der Waals surface area contributed by atoms with Gasteiger partial charge in [-0.05, 0) is 45.2 Å². The first-order valence-corrected chi connectivity index (χ1v) is 10.0. The van der Waals surface area contributed by atoms with Crippen molar-refractivity contribution in [3.63, 3.8) is 0 Å². The van der Waals surface area contributed by atoms with Crippen LogP contribution in [0.3, 0.4) is 0 Å². The number of hydrogen-bond acceptors (Lipinski definition) is 6. The van der Waals surface area contributed by atoms with Gasteiger partial charge in [0, 0.05) is 18.3 Å². The average Bonchev–Trinajstić information content (AvgIpc) is 3.03. The Balaban J connectivity index is 1.52. The molecule has 3 rings (SSSR count). The molecular formula is C17H22N4OS2. The first-order valence-electron chi connectivity index (χ1n) is 8.21. The van der Waals surface area contributed by atoms with Gasteiger partial charge in [-0.3, -0.25) is 4.79 Å². The zero-order chi connectivity index (χ0) is 16.9. The fraction of sp³-hybridized carbons (Fsp3) is 0.471. The lowest BCUT2D eigenvalue weighted by Gasteiger charge is -2.33. The summed E-state index contributed by atoms with van der Waals surface area (Å²) < 4.78 is 0.822. The minimum absolute atomic E-state index is 0.204. The van der Waals surface area contributed by atoms with E-state index < -0.39 is 0 Å². The minimum atomic E-state index is 0.204. The van der Waals surface area contributed by atoms with Crippen molar-refractivity contribution in [1.82, 2.24) is 15.1 Å². The first kappa shape index (κ1) is 17.2. The lowest BCUT2D eigenvalue weighted by molar-refractivity contribution is -0.131. The molecule has 2 aromatic rings. The van der Waals surface area contributed by atoms with Crippen molar-refractivity contribution in [3.8, 4) is 0 Å². The van der Waals surface area contributed by atoms with E-state index in [-0.39, 0.29) is 5.91 Å². The van der Waals surface area contributed by atoms with Crippen LogP contribution >= 0.6 is 23.1 Å². The molecule has 1 atom stereocenters. The van der Waals surface area contributed by atoms with Crippen LogP contribution in [0, 0.1) is 6.92 Å². The quantitative estimate of drug-likeness (QED) is 0.812. The van der Waals surface area contributed by atoms with Crippen LogP contribution in [0.15, 0.2) is 28.6 Å². The summed E-state index contributed by atoms with van der Waals surface area (Å²) in [6, 6.07) is 8.50. The Morgan fingerprint density at radius 1 is 1.33 bits per heavy atom. The van der Waals surface area contributed by atoms with Gasteiger partial charge in [-0.25, -0.2) is 0 Å². The first-order chi connectivity index (χ1) is 11.6. The molecule has 1 aromatic carbocycles. The van der Waals surface area contributed by atoms with Crippen LogP contribution in [-0.4, -0.2) is 39.3 Å². The summed E-state index contributed by atoms with van der Waals surface area (Å²) in [7, 11) is 0. The van der Waals surface area contributed by atoms with Crippen molar-refractivity contribution in [2.24, 2.45) is 0 Å². The Morgan fingerprint density at radius 2 is 2.12 bits per heavy atom. The normalized spacial score (nSPS) is 17.8. The second-order valence-corrected chi connectivity index (χ2v) is 8.28. The van der Waals surface area contributed by atoms with Gasteiger partial charge in [0.25, 0.3) is 0 Å². The number of anilines is 2. The Bertz CT molecular complexity index is 686. The van der Waals surface area contributed by atoms with Crippen LogP contribution in [0.2, 0.25) is 0 Å². The number of nitrogens with zero attached hydrogens (tertiary/aromatic N) is 3. The molecule has 0 bridgehead atoms. The molecule has 2 heterocycles. The van der Waals surface area contributed by atoms with Gasteiger partial charge in [-0.2, -0.15) is 0 Å². The van der Waals surface area contributed by atoms with E-state index in [0.717, 1.165) is 34.5 Å². The summed E-state index contributed by atoms with van der Waals surface area (Å²) in [5.41, 5.74) is 2.21. The van der Waals surface area contributed by atoms with Crippen molar-refractivity contribution in [1.29, 1.82) is 0 Å². The zero-order valence-corrected chi connectivity index (χ0v) is 15.6. The van der Waals surface area contributed by atoms with Gasteiger partial charge in [0.15, 0.2) is 4.34 Å². The molecule has 0 saturated carbocycles. The van der Waals surface area contributed by atoms with Gasteiger partial charge in [0.2, 0.25) is 11.0 Å². The van der Waals surface area contributed by atoms with Gasteiger partial charge >= 0.3 is 0 Å². The van der Waals surface area contributed by atoms with Crippen molar-refractivity contribution >= 4 is 39.8 Å². The Morgan fingerprint density at radius 3 is 2.88 bits per heavy atom. The number of carbonyl (C=O) groups is 1. The number of aryl methyl sites for hydroxylation is 1. The van der Waals surface area contributed by atoms with Crippen molar-refractivity contribution in [2.75, 3.05) is 17.6 Å². The smallest absolute Gasteiger partial charge is 0.233 e. The zero-order valence-electron chi connectivity index (χ0n) is 14.0. The molecular weight excluding hydrogens is 340 g/mol. The fourth-order valence-corrected chi connectivity index (χ4v) is 4.41. The topological polar surface area (TPSA) is 58.1 Å². The van der Waals surface area contributed by atoms with Crippen molar-refractivity contribution in [3.05, 3.63) is 29.8 Å². The second kappa shape index (κ2) is 7.98. The van der Waals surface area contributed by atoms with Gasteiger partial charge in [0.05, 0.1) is 5.75 Å². The van der Waals surface area contributed by atoms with Gasteiger partial charge in [-0.15, -0.1) is 10.2 Å². The molecule has 1 aliphatic heterocycles. The molecule has 128 valence electrons. The molecule has 0 spiro atoms. The molecule has 0 unspecified atom stereocenters. The molecule has 1 aliphatic rings. The number of likely N-dealkylation sites (tertiary alicyclic amines) is 1. The Hall–Kier alpha value is -1.60. The summed E-state index contributed by atoms with van der Waals surface area (Å²) in [6.07, 6.45) is 3.45. The summed E-state index contributed by atoms with van der Waals surface area (Å²) in [5.74, 6) is 0.638. The van der Waals surface area contributed by atoms with Gasteiger partial charge in [0.1, 0.15) is 0 Å². The van der Waals surface area contributed by atoms with Crippen LogP contribution in [0.25, 0.3) is 0 Å². The summed E-state index contributed by atoms with van der Waals surface area (Å²) in [4.78, 5) is 14.4. The molecule has 1 saturated heterocycles. The Kier molecular flexibility index (Phi) is 5.73. The molecule has 24 heavy (non-hydrogen) atoms. The monoisotopic (exact) mass is 362 g/mol. The van der Waals surface area contributed by atoms with E-state index in [1.807, 2.05) is 17.0 Å². The average molecular weight is 363 g/mol. The largest absolute Gasteiger partial charge is 0.339 e. The third-order valence-corrected chi connectivity index (χ3v) is 6.11. The predicted octanol–water partition coefficient (Wildman–Crippen LogP) is 4.08. The van der Waals surface area contributed by atoms with Crippen LogP contribution in [0.4, 0.5) is 10.8 Å². The molecule has 7 heteroatoms. The van der Waals surface area contributed by atoms with Gasteiger partial charge in [-0.1, -0.05) is 40.8 Å². The SMILES string of the molecule is Cc1ccc(Nc2nnc(SCC(=O)N3CCCC[C@H]3C)s2)cc1. The second-order valence-electron chi connectivity index (χ2n) is 6.08. The van der Waals surface area contributed by atoms with E-state index in [9.17, 15) is 4.79 Å². The number of nitrogens with one attached hydrogen (secondary N) is 1. The molecule has 1 N–H and O–H groups in total. The number of aromatic nitrogens is 2. The number of hydrogen-bond donors (Lipinski definition) is 1. The number of rotatable bonds is 5. The van der Waals surface area contributed by atoms with Gasteiger partial charge < -0.3 is 10.2 Å². The Labute approximate surface area is 150 Å². The molecule has 0 aliphatic carbocycles. The number of piperidine rings is 1. The maximum Gasteiger partial charge on any atom is 0.233 e. The summed E-state index contributed by atoms with van der Waals surface area (Å²) in [5, 5.41) is 12.3. The third kappa shape index (κ3) is 4.48. The molecule has 1 amide bonds. The number of thioether (sulfide) groups is 1. The lowest BCUT2D eigenvalue weighted by Crippen LogP contribution is -2.42. The van der Waals surface area contributed by atoms with Crippen molar-refractivity contribution < 1.29 is 4.79 Å². The fourth-order valence-electron chi connectivity index (χ4n) is 2.75. The van der Waals surface area contributed by atoms with Crippen LogP contribution in [0.1, 0.15) is 31.7 Å². The predicted molar refractivity (Wildman–Crippen MR) is 100 cm³/mol. The summed E-state index contributed by atoms with van der Waals surface area (Å²) >= 11 is 2.95. The van der Waals surface area contributed by atoms with Crippen LogP contribution in [-0.2, 0) is 4.79 Å². The number of carbonyl (C=O) groups excluding carboxylic acids is 1. The minimum Gasteiger partial charge on any atom is -0.339 e. The highest BCUT2D eigenvalue weighted by Gasteiger charge is 2.23. The van der Waals surface area contributed by atoms with Crippen molar-refractivity contribution in [2.45, 2.75) is 43.5 Å². The standard InChI is InChI=1S/C17H22N4OS2/c1-12-6-8-14(9-7-12)18-16-19-20-17(24-16)23-11-15(22)21-10-4-3-5-13(21)2/h6-9,13H,3-5,10-11H2,1-2H3,(H,18,19)/t13-/m1/s1. The molecule has 1 aromatic heterocycles. The van der Waals surface area contributed by atoms with E-state index in [4.69, 9.17) is 0 Å². The maximum absolute atomic E-state index is 12.4.